The molecular weight excluding hydrogens is 384 g/mol. The first-order valence-electron chi connectivity index (χ1n) is 9.65. The van der Waals surface area contributed by atoms with Gasteiger partial charge in [-0.1, -0.05) is 48.5 Å². The quantitative estimate of drug-likeness (QED) is 0.399. The van der Waals surface area contributed by atoms with Gasteiger partial charge < -0.3 is 13.9 Å². The number of hydrogen-bond donors (Lipinski definition) is 0. The van der Waals surface area contributed by atoms with Gasteiger partial charge >= 0.3 is 5.63 Å². The van der Waals surface area contributed by atoms with E-state index < -0.39 is 0 Å². The van der Waals surface area contributed by atoms with Gasteiger partial charge in [0.05, 0.1) is 16.4 Å². The molecule has 0 fully saturated rings. The van der Waals surface area contributed by atoms with E-state index >= 15 is 0 Å². The van der Waals surface area contributed by atoms with E-state index in [2.05, 4.69) is 60.0 Å². The highest BCUT2D eigenvalue weighted by Crippen LogP contribution is 2.36. The van der Waals surface area contributed by atoms with E-state index in [1.165, 1.54) is 10.8 Å². The molecule has 2 heterocycles. The number of rotatable bonds is 4. The molecule has 0 amide bonds. The molecule has 2 aromatic heterocycles. The van der Waals surface area contributed by atoms with Crippen LogP contribution in [0, 0.1) is 0 Å². The molecule has 0 atom stereocenters. The first-order valence-corrected chi connectivity index (χ1v) is 9.65. The van der Waals surface area contributed by atoms with Crippen LogP contribution in [0.25, 0.3) is 43.5 Å². The van der Waals surface area contributed by atoms with Crippen molar-refractivity contribution < 1.29 is 4.42 Å². The normalized spacial score (nSPS) is 11.7. The van der Waals surface area contributed by atoms with E-state index in [0.717, 1.165) is 41.3 Å². The van der Waals surface area contributed by atoms with Crippen LogP contribution in [-0.2, 0) is 6.54 Å². The molecule has 0 spiro atoms. The maximum Gasteiger partial charge on any atom is 0.344 e. The Kier molecular flexibility index (Phi) is 5.07. The Balaban J connectivity index is 0.00000205. The molecule has 3 aromatic carbocycles. The highest BCUT2D eigenvalue weighted by atomic mass is 35.5. The lowest BCUT2D eigenvalue weighted by molar-refractivity contribution is 0.389. The smallest absolute Gasteiger partial charge is 0.344 e. The Bertz CT molecular complexity index is 1400. The van der Waals surface area contributed by atoms with Crippen LogP contribution in [0.1, 0.15) is 6.42 Å². The Morgan fingerprint density at radius 2 is 1.52 bits per heavy atom. The number of aromatic nitrogens is 1. The molecule has 5 heteroatoms. The summed E-state index contributed by atoms with van der Waals surface area (Å²) in [4.78, 5) is 14.8. The van der Waals surface area contributed by atoms with Gasteiger partial charge in [-0.3, -0.25) is 0 Å². The third-order valence-corrected chi connectivity index (χ3v) is 5.48. The molecule has 0 unspecified atom stereocenters. The maximum absolute atomic E-state index is 12.6. The minimum Gasteiger partial charge on any atom is -0.420 e. The predicted octanol–water partition coefficient (Wildman–Crippen LogP) is 5.43. The lowest BCUT2D eigenvalue weighted by Gasteiger charge is -2.13. The molecule has 29 heavy (non-hydrogen) atoms. The third kappa shape index (κ3) is 3.09. The van der Waals surface area contributed by atoms with Crippen molar-refractivity contribution in [1.82, 2.24) is 9.47 Å². The standard InChI is InChI=1S/C24H22N2O2.ClH/c1-25(2)14-7-15-26-21-17-9-4-3-8-16(17)12-13-20(21)23-22(26)18-10-5-6-11-19(18)24(27)28-23;/h3-6,8-13H,7,14-15H2,1-2H3;1H. The van der Waals surface area contributed by atoms with Gasteiger partial charge in [-0.15, -0.1) is 12.4 Å². The second kappa shape index (κ2) is 7.54. The topological polar surface area (TPSA) is 38.4 Å². The van der Waals surface area contributed by atoms with Gasteiger partial charge in [0.1, 0.15) is 0 Å². The maximum atomic E-state index is 12.6. The van der Waals surface area contributed by atoms with Crippen molar-refractivity contribution in [2.45, 2.75) is 13.0 Å². The van der Waals surface area contributed by atoms with Crippen LogP contribution in [-0.4, -0.2) is 30.1 Å². The summed E-state index contributed by atoms with van der Waals surface area (Å²) < 4.78 is 8.21. The van der Waals surface area contributed by atoms with E-state index in [9.17, 15) is 4.79 Å². The first-order chi connectivity index (χ1) is 13.6. The summed E-state index contributed by atoms with van der Waals surface area (Å²) >= 11 is 0. The summed E-state index contributed by atoms with van der Waals surface area (Å²) in [5, 5.41) is 4.97. The van der Waals surface area contributed by atoms with Crippen molar-refractivity contribution in [3.63, 3.8) is 0 Å². The zero-order chi connectivity index (χ0) is 19.3. The van der Waals surface area contributed by atoms with Gasteiger partial charge in [0.2, 0.25) is 0 Å². The number of hydrogen-bond acceptors (Lipinski definition) is 3. The highest BCUT2D eigenvalue weighted by molar-refractivity contribution is 6.20. The van der Waals surface area contributed by atoms with Gasteiger partial charge in [0.25, 0.3) is 0 Å². The molecule has 0 saturated heterocycles. The van der Waals surface area contributed by atoms with E-state index in [-0.39, 0.29) is 18.0 Å². The largest absolute Gasteiger partial charge is 0.420 e. The average Bonchev–Trinajstić information content (AvgIpc) is 3.02. The fourth-order valence-corrected chi connectivity index (χ4v) is 4.25. The molecule has 0 aliphatic carbocycles. The van der Waals surface area contributed by atoms with E-state index in [0.29, 0.717) is 11.0 Å². The van der Waals surface area contributed by atoms with Crippen LogP contribution in [0.2, 0.25) is 0 Å². The summed E-state index contributed by atoms with van der Waals surface area (Å²) in [6, 6.07) is 20.3. The monoisotopic (exact) mass is 406 g/mol. The Morgan fingerprint density at radius 3 is 2.28 bits per heavy atom. The molecule has 0 aliphatic heterocycles. The van der Waals surface area contributed by atoms with E-state index in [1.54, 1.807) is 0 Å². The number of fused-ring (bicyclic) bond motifs is 7. The minimum atomic E-state index is -0.274. The Hall–Kier alpha value is -2.82. The van der Waals surface area contributed by atoms with Gasteiger partial charge in [-0.05, 0) is 44.6 Å². The Labute approximate surface area is 174 Å². The molecule has 5 rings (SSSR count). The summed E-state index contributed by atoms with van der Waals surface area (Å²) in [5.74, 6) is 0. The van der Waals surface area contributed by atoms with Gasteiger partial charge in [-0.25, -0.2) is 4.79 Å². The highest BCUT2D eigenvalue weighted by Gasteiger charge is 2.19. The van der Waals surface area contributed by atoms with Gasteiger partial charge in [-0.2, -0.15) is 0 Å². The van der Waals surface area contributed by atoms with Crippen LogP contribution in [0.15, 0.2) is 69.9 Å². The zero-order valence-corrected chi connectivity index (χ0v) is 17.3. The van der Waals surface area contributed by atoms with Crippen molar-refractivity contribution in [1.29, 1.82) is 0 Å². The predicted molar refractivity (Wildman–Crippen MR) is 123 cm³/mol. The summed E-state index contributed by atoms with van der Waals surface area (Å²) in [6.07, 6.45) is 1.02. The molecule has 5 aromatic rings. The number of aryl methyl sites for hydroxylation is 1. The zero-order valence-electron chi connectivity index (χ0n) is 16.5. The summed E-state index contributed by atoms with van der Waals surface area (Å²) in [6.45, 7) is 1.87. The third-order valence-electron chi connectivity index (χ3n) is 5.48. The lowest BCUT2D eigenvalue weighted by atomic mass is 10.1. The molecule has 0 aliphatic rings. The second-order valence-electron chi connectivity index (χ2n) is 7.60. The second-order valence-corrected chi connectivity index (χ2v) is 7.60. The minimum absolute atomic E-state index is 0. The van der Waals surface area contributed by atoms with Gasteiger partial charge in [0, 0.05) is 22.7 Å². The molecule has 0 N–H and O–H groups in total. The van der Waals surface area contributed by atoms with Crippen molar-refractivity contribution in [3.05, 3.63) is 71.1 Å². The molecule has 148 valence electrons. The van der Waals surface area contributed by atoms with Crippen molar-refractivity contribution >= 4 is 56.0 Å². The van der Waals surface area contributed by atoms with Crippen LogP contribution < -0.4 is 5.63 Å². The molecule has 4 nitrogen and oxygen atoms in total. The average molecular weight is 407 g/mol. The Morgan fingerprint density at radius 1 is 0.828 bits per heavy atom. The van der Waals surface area contributed by atoms with Crippen LogP contribution >= 0.6 is 12.4 Å². The number of halogens is 1. The van der Waals surface area contributed by atoms with E-state index in [1.807, 2.05) is 24.3 Å². The fraction of sp³-hybridized carbons (Fsp3) is 0.208. The van der Waals surface area contributed by atoms with Gasteiger partial charge in [0.15, 0.2) is 5.58 Å². The lowest BCUT2D eigenvalue weighted by Crippen LogP contribution is -2.15. The van der Waals surface area contributed by atoms with Crippen molar-refractivity contribution in [3.8, 4) is 0 Å². The molecule has 0 saturated carbocycles. The fourth-order valence-electron chi connectivity index (χ4n) is 4.25. The van der Waals surface area contributed by atoms with Crippen LogP contribution in [0.5, 0.6) is 0 Å². The SMILES string of the molecule is CN(C)CCCn1c2c3ccccc3ccc2c2oc(=O)c3ccccc3c21.Cl. The molecular formula is C24H23ClN2O2. The molecule has 0 radical (unpaired) electrons. The number of benzene rings is 3. The first kappa shape index (κ1) is 19.5. The summed E-state index contributed by atoms with van der Waals surface area (Å²) in [5.41, 5.74) is 2.57. The van der Waals surface area contributed by atoms with E-state index in [4.69, 9.17) is 4.42 Å². The summed E-state index contributed by atoms with van der Waals surface area (Å²) in [7, 11) is 4.19. The van der Waals surface area contributed by atoms with Crippen molar-refractivity contribution in [2.24, 2.45) is 0 Å². The van der Waals surface area contributed by atoms with Crippen molar-refractivity contribution in [2.75, 3.05) is 20.6 Å². The van der Waals surface area contributed by atoms with Crippen LogP contribution in [0.3, 0.4) is 0 Å². The van der Waals surface area contributed by atoms with Crippen LogP contribution in [0.4, 0.5) is 0 Å². The number of nitrogens with zero attached hydrogens (tertiary/aromatic N) is 2. The molecule has 0 bridgehead atoms.